The summed E-state index contributed by atoms with van der Waals surface area (Å²) in [5, 5.41) is 13.5. The molecule has 9 heteroatoms. The quantitative estimate of drug-likeness (QED) is 0.332. The Morgan fingerprint density at radius 3 is 2.42 bits per heavy atom. The number of piperazine rings is 1. The second-order valence-corrected chi connectivity index (χ2v) is 9.70. The van der Waals surface area contributed by atoms with Gasteiger partial charge in [-0.05, 0) is 59.3 Å². The van der Waals surface area contributed by atoms with Crippen LogP contribution in [0.15, 0.2) is 15.5 Å². The molecule has 9 nitrogen and oxygen atoms in total. The number of nitrogens with zero attached hydrogens (tertiary/aromatic N) is 4. The van der Waals surface area contributed by atoms with E-state index in [9.17, 15) is 4.91 Å². The van der Waals surface area contributed by atoms with Crippen LogP contribution in [-0.4, -0.2) is 65.1 Å². The van der Waals surface area contributed by atoms with Gasteiger partial charge in [-0.15, -0.1) is 4.91 Å². The first kappa shape index (κ1) is 27.3. The molecule has 1 unspecified atom stereocenters. The number of hydrogen-bond donors (Lipinski definition) is 3. The predicted molar refractivity (Wildman–Crippen MR) is 132 cm³/mol. The van der Waals surface area contributed by atoms with Gasteiger partial charge in [0.05, 0.1) is 11.0 Å². The fourth-order valence-electron chi connectivity index (χ4n) is 4.47. The zero-order chi connectivity index (χ0) is 24.4. The van der Waals surface area contributed by atoms with Crippen molar-refractivity contribution in [1.29, 1.82) is 0 Å². The molecular formula is C24H44N6O3. The van der Waals surface area contributed by atoms with Crippen molar-refractivity contribution in [3.8, 4) is 0 Å². The molecule has 0 radical (unpaired) electrons. The minimum Gasteiger partial charge on any atom is -0.400 e. The molecule has 33 heavy (non-hydrogen) atoms. The number of hydrogen-bond acceptors (Lipinski definition) is 8. The van der Waals surface area contributed by atoms with Gasteiger partial charge in [-0.2, -0.15) is 0 Å². The first-order valence-corrected chi connectivity index (χ1v) is 12.2. The van der Waals surface area contributed by atoms with E-state index in [1.165, 1.54) is 50.9 Å². The number of aliphatic hydroxyl groups is 1. The molecule has 0 amide bonds. The Hall–Kier alpha value is -1.97. The van der Waals surface area contributed by atoms with E-state index >= 15 is 0 Å². The highest BCUT2D eigenvalue weighted by atomic mass is 16.5. The van der Waals surface area contributed by atoms with Gasteiger partial charge in [0.1, 0.15) is 5.66 Å². The third-order valence-electron chi connectivity index (χ3n) is 7.07. The molecule has 3 fully saturated rings. The summed E-state index contributed by atoms with van der Waals surface area (Å²) in [6, 6.07) is 0.626. The molecular weight excluding hydrogens is 420 g/mol. The monoisotopic (exact) mass is 464 g/mol. The van der Waals surface area contributed by atoms with Crippen LogP contribution in [0.25, 0.3) is 6.08 Å². The summed E-state index contributed by atoms with van der Waals surface area (Å²) < 4.78 is 5.44. The molecule has 2 heterocycles. The molecule has 0 spiro atoms. The first-order chi connectivity index (χ1) is 15.8. The van der Waals surface area contributed by atoms with E-state index < -0.39 is 5.66 Å². The fraction of sp³-hybridized carbons (Fsp3) is 0.792. The summed E-state index contributed by atoms with van der Waals surface area (Å²) in [6.07, 6.45) is 11.1. The number of nitrogens with two attached hydrogens (primary N) is 1. The first-order valence-electron chi connectivity index (χ1n) is 12.2. The van der Waals surface area contributed by atoms with Crippen LogP contribution in [0, 0.1) is 24.7 Å². The molecule has 1 saturated heterocycles. The Bertz CT molecular complexity index is 755. The average molecular weight is 465 g/mol. The number of nitroso groups, excluding NO2 is 1. The zero-order valence-electron chi connectivity index (χ0n) is 21.1. The summed E-state index contributed by atoms with van der Waals surface area (Å²) >= 11 is 0. The van der Waals surface area contributed by atoms with Crippen LogP contribution in [-0.2, 0) is 0 Å². The maximum absolute atomic E-state index is 9.42. The van der Waals surface area contributed by atoms with E-state index in [4.69, 9.17) is 15.4 Å². The van der Waals surface area contributed by atoms with Gasteiger partial charge in [-0.1, -0.05) is 24.4 Å². The molecule has 1 atom stereocenters. The van der Waals surface area contributed by atoms with Crippen molar-refractivity contribution in [2.24, 2.45) is 16.9 Å². The Morgan fingerprint density at radius 2 is 1.94 bits per heavy atom. The molecule has 4 N–H and O–H groups in total. The summed E-state index contributed by atoms with van der Waals surface area (Å²) in [6.45, 7) is 13.4. The third-order valence-corrected chi connectivity index (χ3v) is 7.07. The summed E-state index contributed by atoms with van der Waals surface area (Å²) in [7, 11) is 1.00. The Balaban J connectivity index is 0.000000362. The van der Waals surface area contributed by atoms with E-state index in [1.807, 2.05) is 6.92 Å². The largest absolute Gasteiger partial charge is 0.400 e. The Morgan fingerprint density at radius 1 is 1.27 bits per heavy atom. The highest BCUT2D eigenvalue weighted by Crippen LogP contribution is 2.28. The number of aryl methyl sites for hydroxylation is 1. The summed E-state index contributed by atoms with van der Waals surface area (Å²) in [4.78, 5) is 14.6. The molecule has 1 aliphatic heterocycles. The number of aromatic nitrogens is 1. The van der Waals surface area contributed by atoms with E-state index in [1.54, 1.807) is 0 Å². The molecule has 188 valence electrons. The van der Waals surface area contributed by atoms with E-state index in [0.717, 1.165) is 56.0 Å². The van der Waals surface area contributed by atoms with Crippen LogP contribution < -0.4 is 11.2 Å². The summed E-state index contributed by atoms with van der Waals surface area (Å²) in [5.74, 6) is 1.84. The maximum atomic E-state index is 9.42. The van der Waals surface area contributed by atoms with Crippen LogP contribution in [0.3, 0.4) is 0 Å². The lowest BCUT2D eigenvalue weighted by molar-refractivity contribution is 0.0818. The van der Waals surface area contributed by atoms with E-state index in [0.29, 0.717) is 6.04 Å². The van der Waals surface area contributed by atoms with Crippen LogP contribution in [0.4, 0.5) is 0 Å². The Labute approximate surface area is 198 Å². The molecule has 1 aromatic rings. The lowest BCUT2D eigenvalue weighted by atomic mass is 9.88. The van der Waals surface area contributed by atoms with Crippen LogP contribution in [0.2, 0.25) is 0 Å². The minimum atomic E-state index is -0.429. The van der Waals surface area contributed by atoms with Crippen molar-refractivity contribution >= 4 is 6.08 Å². The smallest absolute Gasteiger partial charge is 0.164 e. The SMILES string of the molecule is C/C(=C\c1onc(C)c1C)N1CCN(CC2CCCCC2)C(C)C1.CO.NC1(NN=O)CC1. The number of allylic oxidation sites excluding steroid dienone is 1. The van der Waals surface area contributed by atoms with Crippen molar-refractivity contribution < 1.29 is 9.63 Å². The van der Waals surface area contributed by atoms with Crippen molar-refractivity contribution in [1.82, 2.24) is 20.4 Å². The highest BCUT2D eigenvalue weighted by Gasteiger charge is 2.38. The van der Waals surface area contributed by atoms with Crippen LogP contribution >= 0.6 is 0 Å². The van der Waals surface area contributed by atoms with Gasteiger partial charge < -0.3 is 20.3 Å². The molecule has 0 bridgehead atoms. The minimum absolute atomic E-state index is 0.429. The van der Waals surface area contributed by atoms with Gasteiger partial charge in [-0.25, -0.2) is 0 Å². The predicted octanol–water partition coefficient (Wildman–Crippen LogP) is 3.55. The standard InChI is InChI=1S/C20H33N3O.C3H7N3O.CH4O/c1-15(12-20-17(3)18(4)21-24-20)22-10-11-23(16(2)13-22)14-19-8-6-5-7-9-19;4-3(1-2-3)5-6-7;1-2/h12,16,19H,5-11,13-14H2,1-4H3;1-2,4H2,(H,5,7);2H,1H3/b15-12+;;. The molecule has 2 saturated carbocycles. The molecule has 2 aliphatic carbocycles. The van der Waals surface area contributed by atoms with Crippen LogP contribution in [0.1, 0.15) is 75.8 Å². The number of aliphatic hydroxyl groups excluding tert-OH is 1. The van der Waals surface area contributed by atoms with E-state index in [2.05, 4.69) is 52.5 Å². The summed E-state index contributed by atoms with van der Waals surface area (Å²) in [5.41, 5.74) is 10.6. The van der Waals surface area contributed by atoms with Gasteiger partial charge in [-0.3, -0.25) is 10.3 Å². The van der Waals surface area contributed by atoms with Crippen molar-refractivity contribution in [3.05, 3.63) is 27.6 Å². The zero-order valence-corrected chi connectivity index (χ0v) is 21.1. The van der Waals surface area contributed by atoms with Crippen LogP contribution in [0.5, 0.6) is 0 Å². The van der Waals surface area contributed by atoms with Crippen molar-refractivity contribution in [2.45, 2.75) is 84.3 Å². The Kier molecular flexibility index (Phi) is 10.8. The molecule has 1 aromatic heterocycles. The average Bonchev–Trinajstić information content (AvgIpc) is 3.47. The second kappa shape index (κ2) is 13.1. The second-order valence-electron chi connectivity index (χ2n) is 9.70. The van der Waals surface area contributed by atoms with Gasteiger partial charge >= 0.3 is 0 Å². The number of rotatable bonds is 6. The molecule has 3 aliphatic rings. The van der Waals surface area contributed by atoms with Gasteiger partial charge in [0.15, 0.2) is 5.76 Å². The number of nitrogens with one attached hydrogen (secondary N) is 1. The lowest BCUT2D eigenvalue weighted by Gasteiger charge is -2.43. The highest BCUT2D eigenvalue weighted by molar-refractivity contribution is 5.50. The van der Waals surface area contributed by atoms with Crippen molar-refractivity contribution in [3.63, 3.8) is 0 Å². The van der Waals surface area contributed by atoms with Gasteiger partial charge in [0.25, 0.3) is 0 Å². The topological polar surface area (TPSA) is 120 Å². The normalized spacial score (nSPS) is 23.1. The lowest BCUT2D eigenvalue weighted by Crippen LogP contribution is -2.52. The van der Waals surface area contributed by atoms with Crippen molar-refractivity contribution in [2.75, 3.05) is 33.3 Å². The van der Waals surface area contributed by atoms with E-state index in [-0.39, 0.29) is 0 Å². The molecule has 0 aromatic carbocycles. The maximum Gasteiger partial charge on any atom is 0.164 e. The van der Waals surface area contributed by atoms with Gasteiger partial charge in [0, 0.05) is 56.7 Å². The fourth-order valence-corrected chi connectivity index (χ4v) is 4.47. The third kappa shape index (κ3) is 8.39. The van der Waals surface area contributed by atoms with Gasteiger partial charge in [0.2, 0.25) is 0 Å². The molecule has 4 rings (SSSR count).